The van der Waals surface area contributed by atoms with Gasteiger partial charge in [-0.25, -0.2) is 4.98 Å². The minimum Gasteiger partial charge on any atom is -0.351 e. The summed E-state index contributed by atoms with van der Waals surface area (Å²) in [4.78, 5) is 13.5. The summed E-state index contributed by atoms with van der Waals surface area (Å²) in [6.07, 6.45) is 4.03. The predicted molar refractivity (Wildman–Crippen MR) is 102 cm³/mol. The van der Waals surface area contributed by atoms with Crippen LogP contribution in [-0.2, 0) is 0 Å². The summed E-state index contributed by atoms with van der Waals surface area (Å²) in [5.74, 6) is 1.22. The van der Waals surface area contributed by atoms with Crippen LogP contribution in [-0.4, -0.2) is 21.0 Å². The van der Waals surface area contributed by atoms with Gasteiger partial charge in [-0.2, -0.15) is 4.98 Å². The Balaban J connectivity index is 1.70. The molecule has 1 fully saturated rings. The lowest BCUT2D eigenvalue weighted by Gasteiger charge is -2.12. The van der Waals surface area contributed by atoms with E-state index in [1.807, 2.05) is 30.3 Å². The third-order valence-corrected chi connectivity index (χ3v) is 4.31. The molecule has 1 aliphatic rings. The van der Waals surface area contributed by atoms with E-state index >= 15 is 0 Å². The van der Waals surface area contributed by atoms with Gasteiger partial charge >= 0.3 is 0 Å². The van der Waals surface area contributed by atoms with Crippen LogP contribution in [0, 0.1) is 0 Å². The highest BCUT2D eigenvalue weighted by Crippen LogP contribution is 2.30. The summed E-state index contributed by atoms with van der Waals surface area (Å²) < 4.78 is 0. The van der Waals surface area contributed by atoms with E-state index < -0.39 is 0 Å². The maximum Gasteiger partial charge on any atom is 0.225 e. The Kier molecular flexibility index (Phi) is 4.42. The highest BCUT2D eigenvalue weighted by molar-refractivity contribution is 6.36. The van der Waals surface area contributed by atoms with Gasteiger partial charge in [-0.05, 0) is 43.2 Å². The molecule has 2 heterocycles. The molecular formula is C18H15Cl2N5. The van der Waals surface area contributed by atoms with Crippen LogP contribution in [0.5, 0.6) is 0 Å². The molecule has 1 aliphatic carbocycles. The summed E-state index contributed by atoms with van der Waals surface area (Å²) >= 11 is 12.2. The van der Waals surface area contributed by atoms with Crippen molar-refractivity contribution < 1.29 is 0 Å². The highest BCUT2D eigenvalue weighted by atomic mass is 35.5. The van der Waals surface area contributed by atoms with E-state index in [0.29, 0.717) is 27.9 Å². The lowest BCUT2D eigenvalue weighted by atomic mass is 10.2. The molecule has 3 aromatic rings. The average Bonchev–Trinajstić information content (AvgIpc) is 3.42. The van der Waals surface area contributed by atoms with Gasteiger partial charge in [0.15, 0.2) is 0 Å². The first-order valence-electron chi connectivity index (χ1n) is 7.96. The van der Waals surface area contributed by atoms with Crippen LogP contribution in [0.4, 0.5) is 17.5 Å². The number of aromatic nitrogens is 3. The first kappa shape index (κ1) is 16.1. The smallest absolute Gasteiger partial charge is 0.225 e. The van der Waals surface area contributed by atoms with E-state index in [0.717, 1.165) is 29.9 Å². The molecule has 0 bridgehead atoms. The number of nitrogens with zero attached hydrogens (tertiary/aromatic N) is 3. The molecule has 7 heteroatoms. The molecule has 0 radical (unpaired) electrons. The fourth-order valence-corrected chi connectivity index (χ4v) is 2.82. The minimum absolute atomic E-state index is 0.450. The molecule has 4 rings (SSSR count). The van der Waals surface area contributed by atoms with Crippen molar-refractivity contribution in [3.63, 3.8) is 0 Å². The maximum absolute atomic E-state index is 6.25. The third kappa shape index (κ3) is 4.00. The third-order valence-electron chi connectivity index (χ3n) is 3.76. The molecule has 0 spiro atoms. The van der Waals surface area contributed by atoms with E-state index in [9.17, 15) is 0 Å². The molecule has 0 amide bonds. The maximum atomic E-state index is 6.25. The molecule has 0 atom stereocenters. The number of halogens is 2. The minimum atomic E-state index is 0.450. The van der Waals surface area contributed by atoms with Gasteiger partial charge in [-0.15, -0.1) is 0 Å². The van der Waals surface area contributed by atoms with Crippen molar-refractivity contribution in [3.8, 4) is 11.4 Å². The molecule has 5 nitrogen and oxygen atoms in total. The molecule has 25 heavy (non-hydrogen) atoms. The van der Waals surface area contributed by atoms with Crippen LogP contribution in [0.25, 0.3) is 11.4 Å². The molecule has 0 saturated heterocycles. The average molecular weight is 372 g/mol. The number of hydrogen-bond donors (Lipinski definition) is 2. The Labute approximate surface area is 155 Å². The fraction of sp³-hybridized carbons (Fsp3) is 0.167. The van der Waals surface area contributed by atoms with Crippen molar-refractivity contribution in [3.05, 3.63) is 58.7 Å². The molecule has 0 aliphatic heterocycles. The molecule has 126 valence electrons. The zero-order valence-electron chi connectivity index (χ0n) is 13.2. The van der Waals surface area contributed by atoms with Crippen LogP contribution in [0.3, 0.4) is 0 Å². The summed E-state index contributed by atoms with van der Waals surface area (Å²) in [6.45, 7) is 0. The van der Waals surface area contributed by atoms with Gasteiger partial charge < -0.3 is 10.6 Å². The number of rotatable bonds is 5. The van der Waals surface area contributed by atoms with Crippen molar-refractivity contribution in [2.75, 3.05) is 10.6 Å². The zero-order chi connectivity index (χ0) is 17.2. The number of pyridine rings is 1. The second-order valence-electron chi connectivity index (χ2n) is 5.84. The van der Waals surface area contributed by atoms with Gasteiger partial charge in [-0.1, -0.05) is 29.3 Å². The summed E-state index contributed by atoms with van der Waals surface area (Å²) in [5, 5.41) is 7.68. The van der Waals surface area contributed by atoms with E-state index in [-0.39, 0.29) is 0 Å². The van der Waals surface area contributed by atoms with Gasteiger partial charge in [0.2, 0.25) is 5.95 Å². The van der Waals surface area contributed by atoms with E-state index in [1.165, 1.54) is 0 Å². The van der Waals surface area contributed by atoms with Gasteiger partial charge in [0.25, 0.3) is 0 Å². The number of benzene rings is 1. The number of hydrogen-bond acceptors (Lipinski definition) is 5. The molecule has 2 aromatic heterocycles. The van der Waals surface area contributed by atoms with Gasteiger partial charge in [0, 0.05) is 23.3 Å². The van der Waals surface area contributed by atoms with Crippen molar-refractivity contribution >= 4 is 40.7 Å². The molecular weight excluding hydrogens is 357 g/mol. The monoisotopic (exact) mass is 371 g/mol. The van der Waals surface area contributed by atoms with Crippen LogP contribution >= 0.6 is 23.2 Å². The van der Waals surface area contributed by atoms with Crippen LogP contribution in [0.1, 0.15) is 12.8 Å². The lowest BCUT2D eigenvalue weighted by molar-refractivity contribution is 1.05. The zero-order valence-corrected chi connectivity index (χ0v) is 14.7. The molecule has 2 N–H and O–H groups in total. The Morgan fingerprint density at radius 3 is 2.56 bits per heavy atom. The standard InChI is InChI=1S/C18H15Cl2N5/c19-11-4-7-14(13(20)9-11)23-17-10-16(15-3-1-2-8-21-15)24-18(25-17)22-12-5-6-12/h1-4,7-10,12H,5-6H2,(H2,22,23,24,25). The first-order valence-corrected chi connectivity index (χ1v) is 8.72. The number of anilines is 3. The van der Waals surface area contributed by atoms with E-state index in [2.05, 4.69) is 25.6 Å². The second kappa shape index (κ2) is 6.86. The molecule has 1 aromatic carbocycles. The lowest BCUT2D eigenvalue weighted by Crippen LogP contribution is -2.08. The summed E-state index contributed by atoms with van der Waals surface area (Å²) in [5.41, 5.74) is 2.26. The SMILES string of the molecule is Clc1ccc(Nc2cc(-c3ccccn3)nc(NC3CC3)n2)c(Cl)c1. The van der Waals surface area contributed by atoms with E-state index in [1.54, 1.807) is 18.3 Å². The molecule has 1 saturated carbocycles. The first-order chi connectivity index (χ1) is 12.2. The predicted octanol–water partition coefficient (Wildman–Crippen LogP) is 5.16. The van der Waals surface area contributed by atoms with Crippen LogP contribution < -0.4 is 10.6 Å². The van der Waals surface area contributed by atoms with Crippen LogP contribution in [0.15, 0.2) is 48.7 Å². The Morgan fingerprint density at radius 1 is 0.960 bits per heavy atom. The quantitative estimate of drug-likeness (QED) is 0.648. The fourth-order valence-electron chi connectivity index (χ4n) is 2.36. The summed E-state index contributed by atoms with van der Waals surface area (Å²) in [7, 11) is 0. The van der Waals surface area contributed by atoms with Gasteiger partial charge in [0.1, 0.15) is 5.82 Å². The Bertz CT molecular complexity index is 897. The topological polar surface area (TPSA) is 62.7 Å². The van der Waals surface area contributed by atoms with Crippen LogP contribution in [0.2, 0.25) is 10.0 Å². The Morgan fingerprint density at radius 2 is 1.84 bits per heavy atom. The van der Waals surface area contributed by atoms with E-state index in [4.69, 9.17) is 23.2 Å². The van der Waals surface area contributed by atoms with Gasteiger partial charge in [0.05, 0.1) is 22.1 Å². The van der Waals surface area contributed by atoms with Gasteiger partial charge in [-0.3, -0.25) is 4.98 Å². The van der Waals surface area contributed by atoms with Crippen molar-refractivity contribution in [2.24, 2.45) is 0 Å². The van der Waals surface area contributed by atoms with Crippen molar-refractivity contribution in [1.82, 2.24) is 15.0 Å². The number of nitrogens with one attached hydrogen (secondary N) is 2. The van der Waals surface area contributed by atoms with Crippen molar-refractivity contribution in [1.29, 1.82) is 0 Å². The largest absolute Gasteiger partial charge is 0.351 e. The van der Waals surface area contributed by atoms with Crippen molar-refractivity contribution in [2.45, 2.75) is 18.9 Å². The normalized spacial score (nSPS) is 13.5. The Hall–Kier alpha value is -2.37. The second-order valence-corrected chi connectivity index (χ2v) is 6.69. The molecule has 0 unspecified atom stereocenters. The summed E-state index contributed by atoms with van der Waals surface area (Å²) in [6, 6.07) is 13.3. The highest BCUT2D eigenvalue weighted by Gasteiger charge is 2.22.